The van der Waals surface area contributed by atoms with E-state index in [-0.39, 0.29) is 29.8 Å². The van der Waals surface area contributed by atoms with Crippen molar-refractivity contribution < 1.29 is 17.6 Å². The lowest BCUT2D eigenvalue weighted by molar-refractivity contribution is 0.0681. The fraction of sp³-hybridized carbons (Fsp3) is 0.278. The Kier molecular flexibility index (Phi) is 5.11. The van der Waals surface area contributed by atoms with Crippen molar-refractivity contribution in [2.24, 2.45) is 0 Å². The molecule has 1 aliphatic heterocycles. The molecule has 0 radical (unpaired) electrons. The molecular formula is C18H17ClFNO3S. The molecule has 0 spiro atoms. The second kappa shape index (κ2) is 7.14. The molecule has 132 valence electrons. The molecule has 1 saturated heterocycles. The fourth-order valence-corrected chi connectivity index (χ4v) is 4.88. The normalized spacial score (nSPS) is 18.9. The standard InChI is InChI=1S/C18H17ClFNO3S/c19-15-3-1-2-14(10-15)18(22)21(17-8-9-25(23,24)12-17)11-13-4-6-16(20)7-5-13/h1-7,10,17H,8-9,11-12H2. The first-order valence-electron chi connectivity index (χ1n) is 7.85. The lowest BCUT2D eigenvalue weighted by Gasteiger charge is -2.28. The van der Waals surface area contributed by atoms with Gasteiger partial charge in [-0.05, 0) is 42.3 Å². The summed E-state index contributed by atoms with van der Waals surface area (Å²) in [6.07, 6.45) is 0.399. The molecule has 7 heteroatoms. The lowest BCUT2D eigenvalue weighted by atomic mass is 10.1. The van der Waals surface area contributed by atoms with Gasteiger partial charge in [0.05, 0.1) is 11.5 Å². The number of hydrogen-bond acceptors (Lipinski definition) is 3. The molecule has 0 aromatic heterocycles. The third-order valence-electron chi connectivity index (χ3n) is 4.25. The van der Waals surface area contributed by atoms with Gasteiger partial charge in [-0.25, -0.2) is 12.8 Å². The van der Waals surface area contributed by atoms with Gasteiger partial charge < -0.3 is 4.90 Å². The van der Waals surface area contributed by atoms with Crippen LogP contribution in [-0.4, -0.2) is 36.8 Å². The molecule has 0 bridgehead atoms. The van der Waals surface area contributed by atoms with Crippen LogP contribution in [-0.2, 0) is 16.4 Å². The Morgan fingerprint density at radius 1 is 1.20 bits per heavy atom. The highest BCUT2D eigenvalue weighted by atomic mass is 35.5. The number of carbonyl (C=O) groups excluding carboxylic acids is 1. The number of hydrogen-bond donors (Lipinski definition) is 0. The minimum atomic E-state index is -3.14. The Balaban J connectivity index is 1.91. The van der Waals surface area contributed by atoms with Gasteiger partial charge in [0.2, 0.25) is 0 Å². The molecule has 1 aliphatic rings. The summed E-state index contributed by atoms with van der Waals surface area (Å²) < 4.78 is 36.8. The Labute approximate surface area is 151 Å². The highest BCUT2D eigenvalue weighted by Crippen LogP contribution is 2.23. The zero-order valence-electron chi connectivity index (χ0n) is 13.4. The molecule has 3 rings (SSSR count). The highest BCUT2D eigenvalue weighted by molar-refractivity contribution is 7.91. The van der Waals surface area contributed by atoms with Crippen molar-refractivity contribution in [3.8, 4) is 0 Å². The van der Waals surface area contributed by atoms with Crippen molar-refractivity contribution in [3.63, 3.8) is 0 Å². The molecule has 1 fully saturated rings. The molecule has 0 aliphatic carbocycles. The van der Waals surface area contributed by atoms with Crippen molar-refractivity contribution in [3.05, 3.63) is 70.5 Å². The van der Waals surface area contributed by atoms with E-state index >= 15 is 0 Å². The summed E-state index contributed by atoms with van der Waals surface area (Å²) in [6, 6.07) is 12.0. The van der Waals surface area contributed by atoms with Gasteiger partial charge in [-0.15, -0.1) is 0 Å². The summed E-state index contributed by atoms with van der Waals surface area (Å²) >= 11 is 5.97. The monoisotopic (exact) mass is 381 g/mol. The fourth-order valence-electron chi connectivity index (χ4n) is 2.96. The number of sulfone groups is 1. The zero-order chi connectivity index (χ0) is 18.0. The summed E-state index contributed by atoms with van der Waals surface area (Å²) in [6.45, 7) is 0.214. The molecule has 1 unspecified atom stereocenters. The summed E-state index contributed by atoms with van der Waals surface area (Å²) in [5, 5.41) is 0.437. The summed E-state index contributed by atoms with van der Waals surface area (Å²) in [7, 11) is -3.14. The first-order valence-corrected chi connectivity index (χ1v) is 10.1. The van der Waals surface area contributed by atoms with E-state index in [4.69, 9.17) is 11.6 Å². The SMILES string of the molecule is O=C(c1cccc(Cl)c1)N(Cc1ccc(F)cc1)C1CCS(=O)(=O)C1. The Morgan fingerprint density at radius 3 is 2.52 bits per heavy atom. The van der Waals surface area contributed by atoms with Gasteiger partial charge in [-0.3, -0.25) is 4.79 Å². The number of halogens is 2. The Hall–Kier alpha value is -1.92. The predicted octanol–water partition coefficient (Wildman–Crippen LogP) is 3.31. The van der Waals surface area contributed by atoms with E-state index < -0.39 is 15.9 Å². The van der Waals surface area contributed by atoms with E-state index in [1.165, 1.54) is 12.1 Å². The third-order valence-corrected chi connectivity index (χ3v) is 6.23. The van der Waals surface area contributed by atoms with Crippen LogP contribution in [0.1, 0.15) is 22.3 Å². The van der Waals surface area contributed by atoms with Crippen LogP contribution >= 0.6 is 11.6 Å². The van der Waals surface area contributed by atoms with Gasteiger partial charge in [0.25, 0.3) is 5.91 Å². The molecule has 1 heterocycles. The van der Waals surface area contributed by atoms with Crippen molar-refractivity contribution in [2.45, 2.75) is 19.0 Å². The van der Waals surface area contributed by atoms with Gasteiger partial charge in [0, 0.05) is 23.2 Å². The first-order chi connectivity index (χ1) is 11.8. The number of nitrogens with zero attached hydrogens (tertiary/aromatic N) is 1. The van der Waals surface area contributed by atoms with Crippen molar-refractivity contribution >= 4 is 27.3 Å². The van der Waals surface area contributed by atoms with Crippen LogP contribution in [0.15, 0.2) is 48.5 Å². The number of amides is 1. The molecule has 2 aromatic carbocycles. The van der Waals surface area contributed by atoms with E-state index in [2.05, 4.69) is 0 Å². The number of rotatable bonds is 4. The van der Waals surface area contributed by atoms with Gasteiger partial charge in [0.1, 0.15) is 5.82 Å². The quantitative estimate of drug-likeness (QED) is 0.816. The molecule has 2 aromatic rings. The van der Waals surface area contributed by atoms with Crippen LogP contribution < -0.4 is 0 Å². The molecular weight excluding hydrogens is 365 g/mol. The van der Waals surface area contributed by atoms with E-state index in [0.29, 0.717) is 17.0 Å². The van der Waals surface area contributed by atoms with Crippen LogP contribution in [0.5, 0.6) is 0 Å². The topological polar surface area (TPSA) is 54.5 Å². The maximum atomic E-state index is 13.1. The maximum absolute atomic E-state index is 13.1. The van der Waals surface area contributed by atoms with Gasteiger partial charge in [-0.1, -0.05) is 29.8 Å². The molecule has 0 saturated carbocycles. The minimum absolute atomic E-state index is 0.0551. The van der Waals surface area contributed by atoms with E-state index in [1.807, 2.05) is 0 Å². The average Bonchev–Trinajstić information content (AvgIpc) is 2.93. The molecule has 1 atom stereocenters. The average molecular weight is 382 g/mol. The third kappa shape index (κ3) is 4.38. The summed E-state index contributed by atoms with van der Waals surface area (Å²) in [5.74, 6) is -0.630. The van der Waals surface area contributed by atoms with Crippen LogP contribution in [0.2, 0.25) is 5.02 Å². The van der Waals surface area contributed by atoms with Crippen molar-refractivity contribution in [1.29, 1.82) is 0 Å². The second-order valence-electron chi connectivity index (χ2n) is 6.13. The smallest absolute Gasteiger partial charge is 0.254 e. The van der Waals surface area contributed by atoms with E-state index in [1.54, 1.807) is 41.3 Å². The predicted molar refractivity (Wildman–Crippen MR) is 94.8 cm³/mol. The van der Waals surface area contributed by atoms with Crippen LogP contribution in [0, 0.1) is 5.82 Å². The van der Waals surface area contributed by atoms with E-state index in [0.717, 1.165) is 5.56 Å². The van der Waals surface area contributed by atoms with Crippen molar-refractivity contribution in [1.82, 2.24) is 4.90 Å². The van der Waals surface area contributed by atoms with Crippen molar-refractivity contribution in [2.75, 3.05) is 11.5 Å². The molecule has 1 amide bonds. The minimum Gasteiger partial charge on any atom is -0.330 e. The van der Waals surface area contributed by atoms with Gasteiger partial charge in [0.15, 0.2) is 9.84 Å². The van der Waals surface area contributed by atoms with Crippen LogP contribution in [0.3, 0.4) is 0 Å². The largest absolute Gasteiger partial charge is 0.330 e. The maximum Gasteiger partial charge on any atom is 0.254 e. The highest BCUT2D eigenvalue weighted by Gasteiger charge is 2.35. The second-order valence-corrected chi connectivity index (χ2v) is 8.79. The lowest BCUT2D eigenvalue weighted by Crippen LogP contribution is -2.40. The van der Waals surface area contributed by atoms with Gasteiger partial charge >= 0.3 is 0 Å². The number of benzene rings is 2. The first kappa shape index (κ1) is 17.9. The molecule has 0 N–H and O–H groups in total. The Morgan fingerprint density at radius 2 is 1.92 bits per heavy atom. The molecule has 4 nitrogen and oxygen atoms in total. The van der Waals surface area contributed by atoms with Gasteiger partial charge in [-0.2, -0.15) is 0 Å². The summed E-state index contributed by atoms with van der Waals surface area (Å²) in [5.41, 5.74) is 1.14. The number of carbonyl (C=O) groups is 1. The Bertz CT molecular complexity index is 883. The van der Waals surface area contributed by atoms with Crippen LogP contribution in [0.4, 0.5) is 4.39 Å². The zero-order valence-corrected chi connectivity index (χ0v) is 14.9. The van der Waals surface area contributed by atoms with Crippen LogP contribution in [0.25, 0.3) is 0 Å². The molecule has 25 heavy (non-hydrogen) atoms. The van der Waals surface area contributed by atoms with E-state index in [9.17, 15) is 17.6 Å². The summed E-state index contributed by atoms with van der Waals surface area (Å²) in [4.78, 5) is 14.5.